The lowest BCUT2D eigenvalue weighted by Crippen LogP contribution is -2.62. The number of benzene rings is 9. The van der Waals surface area contributed by atoms with E-state index in [1.54, 1.807) is 11.1 Å². The Balaban J connectivity index is 1.07. The van der Waals surface area contributed by atoms with E-state index in [2.05, 4.69) is 261 Å². The molecule has 3 atom stereocenters. The SMILES string of the molecule is Cc1cc2c3c(c1)N(c1cc4c(cc1-c1ccccc1)C(C)(C)CCC4(C)C)c1cc(N(c4ccc(C(C)(C)C)cc4)c4cccc5c4oc4ccccc45)ccc1B3c1cc(-c3ccccc3)cc3c1C2C1(C)CCCCC31C. The topological polar surface area (TPSA) is 19.6 Å². The zero-order chi connectivity index (χ0) is 54.8. The number of hydrogen-bond acceptors (Lipinski definition) is 3. The second kappa shape index (κ2) is 17.2. The molecule has 15 rings (SSSR count). The monoisotopic (exact) mass is 1040 g/mol. The van der Waals surface area contributed by atoms with Crippen molar-refractivity contribution in [2.75, 3.05) is 9.80 Å². The summed E-state index contributed by atoms with van der Waals surface area (Å²) in [5.41, 5.74) is 28.6. The molecule has 0 spiro atoms. The van der Waals surface area contributed by atoms with Gasteiger partial charge in [-0.05, 0) is 181 Å². The first kappa shape index (κ1) is 49.5. The first-order chi connectivity index (χ1) is 38.4. The maximum absolute atomic E-state index is 6.98. The minimum absolute atomic E-state index is 0.00244. The van der Waals surface area contributed by atoms with E-state index < -0.39 is 0 Å². The van der Waals surface area contributed by atoms with Crippen LogP contribution in [-0.2, 0) is 21.7 Å². The normalized spacial score (nSPS) is 20.9. The standard InChI is InChI=1S/C76H73BN2O/c1-47-40-57-69-68-60(75(9)36-19-20-37-76(69,75)10)42-50(48-22-13-11-14-23-48)43-62(68)77-61-35-34-53(78(52-32-30-51(31-33-52)72(2,3)4)63-28-21-27-55-54-26-17-18-29-67(54)80-71(55)63)44-65(61)79(66(41-47)70(57)77)64-46-59-58(73(5,6)38-39-74(59,7)8)45-56(64)49-24-15-12-16-25-49/h11-18,21-35,40-46,69H,19-20,36-39H2,1-10H3. The average molecular weight is 1040 g/mol. The third-order valence-electron chi connectivity index (χ3n) is 20.9. The van der Waals surface area contributed by atoms with E-state index in [9.17, 15) is 0 Å². The molecule has 2 aliphatic heterocycles. The van der Waals surface area contributed by atoms with Crippen LogP contribution < -0.4 is 26.2 Å². The van der Waals surface area contributed by atoms with Crippen LogP contribution in [0.4, 0.5) is 34.1 Å². The van der Waals surface area contributed by atoms with Crippen molar-refractivity contribution < 1.29 is 4.42 Å². The Morgan fingerprint density at radius 3 is 1.94 bits per heavy atom. The van der Waals surface area contributed by atoms with E-state index in [1.807, 2.05) is 0 Å². The molecule has 3 nitrogen and oxygen atoms in total. The highest BCUT2D eigenvalue weighted by molar-refractivity contribution is 6.99. The molecule has 0 N–H and O–H groups in total. The van der Waals surface area contributed by atoms with E-state index in [0.717, 1.165) is 51.8 Å². The van der Waals surface area contributed by atoms with Crippen molar-refractivity contribution in [1.29, 1.82) is 0 Å². The Morgan fingerprint density at radius 1 is 0.537 bits per heavy atom. The third-order valence-corrected chi connectivity index (χ3v) is 20.9. The molecule has 9 aromatic carbocycles. The van der Waals surface area contributed by atoms with Crippen molar-refractivity contribution in [1.82, 2.24) is 0 Å². The molecule has 80 heavy (non-hydrogen) atoms. The van der Waals surface area contributed by atoms with Gasteiger partial charge in [-0.3, -0.25) is 0 Å². The minimum Gasteiger partial charge on any atom is -0.454 e. The average Bonchev–Trinajstić information content (AvgIpc) is 1.85. The van der Waals surface area contributed by atoms with Crippen LogP contribution in [0.3, 0.4) is 0 Å². The number of aryl methyl sites for hydroxylation is 1. The number of rotatable bonds is 6. The molecule has 1 saturated carbocycles. The summed E-state index contributed by atoms with van der Waals surface area (Å²) >= 11 is 0. The van der Waals surface area contributed by atoms with Gasteiger partial charge in [0.15, 0.2) is 5.58 Å². The lowest BCUT2D eigenvalue weighted by molar-refractivity contribution is 0.0926. The highest BCUT2D eigenvalue weighted by Crippen LogP contribution is 2.68. The van der Waals surface area contributed by atoms with Crippen LogP contribution in [0.2, 0.25) is 0 Å². The molecule has 3 unspecified atom stereocenters. The van der Waals surface area contributed by atoms with Crippen molar-refractivity contribution >= 4 is 79.2 Å². The number of hydrogen-bond donors (Lipinski definition) is 0. The Labute approximate surface area is 474 Å². The Morgan fingerprint density at radius 2 is 1.20 bits per heavy atom. The Kier molecular flexibility index (Phi) is 10.7. The van der Waals surface area contributed by atoms with E-state index >= 15 is 0 Å². The summed E-state index contributed by atoms with van der Waals surface area (Å²) in [6.45, 7) is 24.5. The van der Waals surface area contributed by atoms with Crippen LogP contribution in [0.5, 0.6) is 0 Å². The molecule has 4 heteroatoms. The Bertz CT molecular complexity index is 4180. The van der Waals surface area contributed by atoms with Crippen LogP contribution in [0.15, 0.2) is 186 Å². The molecule has 3 heterocycles. The summed E-state index contributed by atoms with van der Waals surface area (Å²) in [5.74, 6) is 0.280. The molecule has 0 amide bonds. The van der Waals surface area contributed by atoms with Gasteiger partial charge < -0.3 is 14.2 Å². The molecule has 1 aromatic heterocycles. The first-order valence-corrected chi connectivity index (χ1v) is 29.8. The predicted octanol–water partition coefficient (Wildman–Crippen LogP) is 18.9. The van der Waals surface area contributed by atoms with Gasteiger partial charge in [0.25, 0.3) is 0 Å². The van der Waals surface area contributed by atoms with E-state index in [0.29, 0.717) is 0 Å². The molecular weight excluding hydrogens is 968 g/mol. The molecule has 0 saturated heterocycles. The van der Waals surface area contributed by atoms with Gasteiger partial charge in [0.05, 0.1) is 11.4 Å². The maximum Gasteiger partial charge on any atom is 0.247 e. The second-order valence-electron chi connectivity index (χ2n) is 27.5. The summed E-state index contributed by atoms with van der Waals surface area (Å²) in [6.07, 6.45) is 7.26. The number of anilines is 6. The smallest absolute Gasteiger partial charge is 0.247 e. The Hall–Kier alpha value is -7.56. The quantitative estimate of drug-likeness (QED) is 0.155. The van der Waals surface area contributed by atoms with Gasteiger partial charge in [-0.25, -0.2) is 0 Å². The van der Waals surface area contributed by atoms with Crippen LogP contribution in [0, 0.1) is 12.3 Å². The molecule has 0 radical (unpaired) electrons. The molecule has 5 aliphatic rings. The fourth-order valence-electron chi connectivity index (χ4n) is 16.3. The van der Waals surface area contributed by atoms with Gasteiger partial charge in [0.2, 0.25) is 6.71 Å². The fourth-order valence-corrected chi connectivity index (χ4v) is 16.3. The van der Waals surface area contributed by atoms with Crippen molar-refractivity contribution in [3.8, 4) is 22.3 Å². The summed E-state index contributed by atoms with van der Waals surface area (Å²) < 4.78 is 6.98. The van der Waals surface area contributed by atoms with Gasteiger partial charge in [-0.15, -0.1) is 0 Å². The molecule has 10 aromatic rings. The van der Waals surface area contributed by atoms with Crippen molar-refractivity contribution in [2.24, 2.45) is 5.41 Å². The van der Waals surface area contributed by atoms with Crippen LogP contribution in [0.1, 0.15) is 146 Å². The van der Waals surface area contributed by atoms with Crippen LogP contribution >= 0.6 is 0 Å². The summed E-state index contributed by atoms with van der Waals surface area (Å²) in [7, 11) is 0. The van der Waals surface area contributed by atoms with Crippen LogP contribution in [-0.4, -0.2) is 6.71 Å². The van der Waals surface area contributed by atoms with Gasteiger partial charge in [0.1, 0.15) is 5.58 Å². The molecule has 0 bridgehead atoms. The molecule has 3 aliphatic carbocycles. The van der Waals surface area contributed by atoms with E-state index in [4.69, 9.17) is 4.42 Å². The van der Waals surface area contributed by atoms with Gasteiger partial charge in [0, 0.05) is 45.0 Å². The lowest BCUT2D eigenvalue weighted by Gasteiger charge is -2.51. The number of nitrogens with zero attached hydrogens (tertiary/aromatic N) is 2. The summed E-state index contributed by atoms with van der Waals surface area (Å²) in [6, 6.07) is 70.3. The number of para-hydroxylation sites is 2. The summed E-state index contributed by atoms with van der Waals surface area (Å²) in [5, 5.41) is 2.24. The molecular formula is C76H73BN2O. The van der Waals surface area contributed by atoms with E-state index in [-0.39, 0.29) is 39.7 Å². The zero-order valence-electron chi connectivity index (χ0n) is 48.5. The summed E-state index contributed by atoms with van der Waals surface area (Å²) in [4.78, 5) is 5.23. The first-order valence-electron chi connectivity index (χ1n) is 29.8. The van der Waals surface area contributed by atoms with Crippen molar-refractivity contribution in [3.63, 3.8) is 0 Å². The van der Waals surface area contributed by atoms with Crippen molar-refractivity contribution in [3.05, 3.63) is 221 Å². The van der Waals surface area contributed by atoms with Crippen molar-refractivity contribution in [2.45, 2.75) is 135 Å². The van der Waals surface area contributed by atoms with Gasteiger partial charge in [-0.1, -0.05) is 208 Å². The van der Waals surface area contributed by atoms with E-state index in [1.165, 1.54) is 109 Å². The van der Waals surface area contributed by atoms with Gasteiger partial charge >= 0.3 is 0 Å². The maximum atomic E-state index is 6.98. The highest BCUT2D eigenvalue weighted by atomic mass is 16.3. The third kappa shape index (κ3) is 7.05. The fraction of sp³-hybridized carbons (Fsp3) is 0.289. The zero-order valence-corrected chi connectivity index (χ0v) is 48.5. The van der Waals surface area contributed by atoms with Gasteiger partial charge in [-0.2, -0.15) is 0 Å². The van der Waals surface area contributed by atoms with Crippen LogP contribution in [0.25, 0.3) is 44.2 Å². The molecule has 396 valence electrons. The lowest BCUT2D eigenvalue weighted by atomic mass is 9.30. The highest BCUT2D eigenvalue weighted by Gasteiger charge is 2.62. The predicted molar refractivity (Wildman–Crippen MR) is 340 cm³/mol. The molecule has 1 fully saturated rings. The largest absolute Gasteiger partial charge is 0.454 e. The second-order valence-corrected chi connectivity index (χ2v) is 27.5. The number of furan rings is 1. The minimum atomic E-state index is -0.0157. The number of fused-ring (bicyclic) bond motifs is 11.